The predicted molar refractivity (Wildman–Crippen MR) is 112 cm³/mol. The summed E-state index contributed by atoms with van der Waals surface area (Å²) in [5.41, 5.74) is 1.32. The second-order valence-corrected chi connectivity index (χ2v) is 9.61. The van der Waals surface area contributed by atoms with Crippen LogP contribution in [0.3, 0.4) is 0 Å². The maximum absolute atomic E-state index is 12.9. The number of hydrogen-bond donors (Lipinski definition) is 0. The number of aryl methyl sites for hydroxylation is 1. The van der Waals surface area contributed by atoms with Gasteiger partial charge in [0, 0.05) is 43.7 Å². The first-order chi connectivity index (χ1) is 13.7. The quantitative estimate of drug-likeness (QED) is 0.741. The van der Waals surface area contributed by atoms with Crippen molar-refractivity contribution >= 4 is 16.9 Å². The van der Waals surface area contributed by atoms with Crippen molar-refractivity contribution < 1.29 is 13.9 Å². The summed E-state index contributed by atoms with van der Waals surface area (Å²) >= 11 is 0. The van der Waals surface area contributed by atoms with Gasteiger partial charge in [-0.3, -0.25) is 4.79 Å². The van der Waals surface area contributed by atoms with Gasteiger partial charge in [-0.25, -0.2) is 4.79 Å². The van der Waals surface area contributed by atoms with Gasteiger partial charge in [0.25, 0.3) is 5.91 Å². The van der Waals surface area contributed by atoms with E-state index in [1.165, 1.54) is 6.07 Å². The molecule has 0 radical (unpaired) electrons. The summed E-state index contributed by atoms with van der Waals surface area (Å²) in [5, 5.41) is 0.902. The molecule has 0 N–H and O–H groups in total. The van der Waals surface area contributed by atoms with Crippen LogP contribution in [0, 0.1) is 10.8 Å². The van der Waals surface area contributed by atoms with E-state index in [2.05, 4.69) is 25.8 Å². The first kappa shape index (κ1) is 20.0. The van der Waals surface area contributed by atoms with E-state index in [0.717, 1.165) is 50.0 Å². The maximum Gasteiger partial charge on any atom is 0.336 e. The summed E-state index contributed by atoms with van der Waals surface area (Å²) in [4.78, 5) is 29.0. The Balaban J connectivity index is 1.47. The summed E-state index contributed by atoms with van der Waals surface area (Å²) in [6.45, 7) is 10.1. The molecule has 2 aliphatic heterocycles. The molecule has 2 aliphatic rings. The van der Waals surface area contributed by atoms with Crippen molar-refractivity contribution in [2.75, 3.05) is 39.8 Å². The molecule has 1 aromatic carbocycles. The number of benzene rings is 1. The second kappa shape index (κ2) is 7.17. The van der Waals surface area contributed by atoms with Gasteiger partial charge in [-0.15, -0.1) is 0 Å². The zero-order chi connectivity index (χ0) is 20.8. The van der Waals surface area contributed by atoms with Crippen LogP contribution in [0.1, 0.15) is 32.8 Å². The number of nitrogens with zero attached hydrogens (tertiary/aromatic N) is 2. The monoisotopic (exact) mass is 398 g/mol. The highest BCUT2D eigenvalue weighted by Crippen LogP contribution is 2.44. The average molecular weight is 399 g/mol. The highest BCUT2D eigenvalue weighted by Gasteiger charge is 2.48. The van der Waals surface area contributed by atoms with Crippen molar-refractivity contribution in [2.45, 2.75) is 33.6 Å². The fourth-order valence-corrected chi connectivity index (χ4v) is 5.70. The lowest BCUT2D eigenvalue weighted by Gasteiger charge is -2.56. The summed E-state index contributed by atoms with van der Waals surface area (Å²) in [7, 11) is 2.16. The van der Waals surface area contributed by atoms with Gasteiger partial charge in [0.05, 0.1) is 0 Å². The molecule has 0 saturated carbocycles. The number of ether oxygens (including phenoxy) is 1. The Kier molecular flexibility index (Phi) is 4.93. The molecule has 2 unspecified atom stereocenters. The van der Waals surface area contributed by atoms with Crippen LogP contribution >= 0.6 is 0 Å². The molecule has 2 saturated heterocycles. The molecule has 0 aliphatic carbocycles. The fraction of sp³-hybridized carbons (Fsp3) is 0.565. The van der Waals surface area contributed by atoms with E-state index in [9.17, 15) is 9.59 Å². The Morgan fingerprint density at radius 1 is 1.14 bits per heavy atom. The second-order valence-electron chi connectivity index (χ2n) is 9.61. The minimum atomic E-state index is -0.367. The molecule has 6 nitrogen and oxygen atoms in total. The van der Waals surface area contributed by atoms with Crippen LogP contribution in [0.4, 0.5) is 0 Å². The van der Waals surface area contributed by atoms with Gasteiger partial charge in [-0.2, -0.15) is 0 Å². The molecule has 1 amide bonds. The number of hydrogen-bond acceptors (Lipinski definition) is 5. The lowest BCUT2D eigenvalue weighted by molar-refractivity contribution is -0.146. The molecular formula is C23H30N2O4. The molecule has 2 bridgehead atoms. The summed E-state index contributed by atoms with van der Waals surface area (Å²) in [6, 6.07) is 6.95. The van der Waals surface area contributed by atoms with E-state index in [1.807, 2.05) is 24.0 Å². The molecule has 29 heavy (non-hydrogen) atoms. The largest absolute Gasteiger partial charge is 0.484 e. The number of carbonyl (C=O) groups excluding carboxylic acids is 1. The van der Waals surface area contributed by atoms with E-state index in [1.54, 1.807) is 6.07 Å². The number of carbonyl (C=O) groups is 1. The van der Waals surface area contributed by atoms with Gasteiger partial charge in [0.1, 0.15) is 11.3 Å². The minimum Gasteiger partial charge on any atom is -0.484 e. The van der Waals surface area contributed by atoms with Crippen molar-refractivity contribution in [1.29, 1.82) is 0 Å². The SMILES string of the molecule is CCc1cc(=O)oc2cc(OCC(=O)N3CC4(C)CN(C)CC(C)(C3)C4)ccc12. The van der Waals surface area contributed by atoms with E-state index >= 15 is 0 Å². The molecule has 2 aromatic rings. The van der Waals surface area contributed by atoms with E-state index < -0.39 is 0 Å². The van der Waals surface area contributed by atoms with Crippen LogP contribution in [0.5, 0.6) is 5.75 Å². The molecular weight excluding hydrogens is 368 g/mol. The predicted octanol–water partition coefficient (Wildman–Crippen LogP) is 2.92. The average Bonchev–Trinajstić information content (AvgIpc) is 2.62. The van der Waals surface area contributed by atoms with Crippen molar-refractivity contribution in [2.24, 2.45) is 10.8 Å². The fourth-order valence-electron chi connectivity index (χ4n) is 5.70. The van der Waals surface area contributed by atoms with Gasteiger partial charge >= 0.3 is 5.63 Å². The molecule has 156 valence electrons. The summed E-state index contributed by atoms with van der Waals surface area (Å²) in [5.74, 6) is 0.548. The van der Waals surface area contributed by atoms with Crippen LogP contribution in [0.25, 0.3) is 11.0 Å². The third-order valence-corrected chi connectivity index (χ3v) is 6.20. The number of rotatable bonds is 4. The topological polar surface area (TPSA) is 63.0 Å². The highest BCUT2D eigenvalue weighted by atomic mass is 16.5. The van der Waals surface area contributed by atoms with Crippen molar-refractivity contribution in [3.8, 4) is 5.75 Å². The van der Waals surface area contributed by atoms with Crippen LogP contribution < -0.4 is 10.4 Å². The number of piperidine rings is 2. The Labute approximate surface area is 171 Å². The highest BCUT2D eigenvalue weighted by molar-refractivity contribution is 5.82. The minimum absolute atomic E-state index is 0.00872. The standard InChI is InChI=1S/C23H30N2O4/c1-5-16-8-21(27)29-19-9-17(6-7-18(16)19)28-10-20(26)25-14-22(2)11-23(3,15-25)13-24(4)12-22/h6-9H,5,10-15H2,1-4H3. The molecule has 4 rings (SSSR count). The normalized spacial score (nSPS) is 27.2. The van der Waals surface area contributed by atoms with Crippen LogP contribution in [0.2, 0.25) is 0 Å². The van der Waals surface area contributed by atoms with Crippen molar-refractivity contribution in [3.05, 3.63) is 40.2 Å². The molecule has 6 heteroatoms. The van der Waals surface area contributed by atoms with E-state index in [0.29, 0.717) is 11.3 Å². The lowest BCUT2D eigenvalue weighted by atomic mass is 9.65. The van der Waals surface area contributed by atoms with E-state index in [4.69, 9.17) is 9.15 Å². The third kappa shape index (κ3) is 4.04. The Bertz CT molecular complexity index is 980. The lowest BCUT2D eigenvalue weighted by Crippen LogP contribution is -2.62. The first-order valence-corrected chi connectivity index (χ1v) is 10.3. The molecule has 3 heterocycles. The van der Waals surface area contributed by atoms with Gasteiger partial charge < -0.3 is 19.0 Å². The Morgan fingerprint density at radius 2 is 1.83 bits per heavy atom. The Morgan fingerprint density at radius 3 is 2.48 bits per heavy atom. The Hall–Kier alpha value is -2.34. The van der Waals surface area contributed by atoms with E-state index in [-0.39, 0.29) is 29.0 Å². The molecule has 2 fully saturated rings. The van der Waals surface area contributed by atoms with Gasteiger partial charge in [-0.1, -0.05) is 20.8 Å². The number of likely N-dealkylation sites (tertiary alicyclic amines) is 2. The number of fused-ring (bicyclic) bond motifs is 3. The van der Waals surface area contributed by atoms with Crippen molar-refractivity contribution in [1.82, 2.24) is 9.80 Å². The summed E-state index contributed by atoms with van der Waals surface area (Å²) in [6.07, 6.45) is 1.90. The molecule has 2 atom stereocenters. The van der Waals surface area contributed by atoms with Crippen molar-refractivity contribution in [3.63, 3.8) is 0 Å². The number of amides is 1. The smallest absolute Gasteiger partial charge is 0.336 e. The van der Waals surface area contributed by atoms with Gasteiger partial charge in [0.2, 0.25) is 0 Å². The summed E-state index contributed by atoms with van der Waals surface area (Å²) < 4.78 is 11.1. The van der Waals surface area contributed by atoms with Crippen LogP contribution in [0.15, 0.2) is 33.5 Å². The molecule has 1 aromatic heterocycles. The van der Waals surface area contributed by atoms with Crippen LogP contribution in [-0.2, 0) is 11.2 Å². The third-order valence-electron chi connectivity index (χ3n) is 6.20. The molecule has 0 spiro atoms. The van der Waals surface area contributed by atoms with Crippen LogP contribution in [-0.4, -0.2) is 55.5 Å². The first-order valence-electron chi connectivity index (χ1n) is 10.3. The maximum atomic E-state index is 12.9. The van der Waals surface area contributed by atoms with Gasteiger partial charge in [-0.05, 0) is 48.4 Å². The zero-order valence-corrected chi connectivity index (χ0v) is 17.8. The zero-order valence-electron chi connectivity index (χ0n) is 17.8. The van der Waals surface area contributed by atoms with Gasteiger partial charge in [0.15, 0.2) is 6.61 Å².